The minimum Gasteiger partial charge on any atom is -0.375 e. The average Bonchev–Trinajstić information content (AvgIpc) is 2.37. The van der Waals surface area contributed by atoms with Crippen LogP contribution in [0.2, 0.25) is 10.0 Å². The van der Waals surface area contributed by atoms with Crippen molar-refractivity contribution in [2.75, 3.05) is 11.9 Å². The maximum Gasteiger partial charge on any atom is 0.293 e. The summed E-state index contributed by atoms with van der Waals surface area (Å²) in [5, 5.41) is 14.5. The van der Waals surface area contributed by atoms with Gasteiger partial charge >= 0.3 is 0 Å². The van der Waals surface area contributed by atoms with Gasteiger partial charge in [-0.1, -0.05) is 43.0 Å². The lowest BCUT2D eigenvalue weighted by atomic mass is 10.1. The van der Waals surface area contributed by atoms with Crippen LogP contribution in [0.1, 0.15) is 26.2 Å². The van der Waals surface area contributed by atoms with Crippen LogP contribution in [0.4, 0.5) is 11.4 Å². The van der Waals surface area contributed by atoms with Gasteiger partial charge in [-0.05, 0) is 12.5 Å². The van der Waals surface area contributed by atoms with Gasteiger partial charge in [0.15, 0.2) is 0 Å². The Morgan fingerprint density at radius 1 is 1.42 bits per heavy atom. The number of benzene rings is 1. The van der Waals surface area contributed by atoms with Crippen LogP contribution in [-0.2, 0) is 0 Å². The van der Waals surface area contributed by atoms with Crippen molar-refractivity contribution in [1.82, 2.24) is 0 Å². The fourth-order valence-electron chi connectivity index (χ4n) is 1.72. The van der Waals surface area contributed by atoms with Crippen LogP contribution in [-0.4, -0.2) is 17.5 Å². The van der Waals surface area contributed by atoms with E-state index in [-0.39, 0.29) is 21.8 Å². The van der Waals surface area contributed by atoms with Crippen molar-refractivity contribution in [2.45, 2.75) is 32.2 Å². The van der Waals surface area contributed by atoms with Crippen molar-refractivity contribution in [3.05, 3.63) is 32.3 Å². The van der Waals surface area contributed by atoms with Gasteiger partial charge in [0.25, 0.3) is 5.69 Å². The van der Waals surface area contributed by atoms with E-state index in [4.69, 9.17) is 28.9 Å². The molecule has 0 aliphatic carbocycles. The Morgan fingerprint density at radius 2 is 2.05 bits per heavy atom. The van der Waals surface area contributed by atoms with Crippen LogP contribution in [0, 0.1) is 10.1 Å². The van der Waals surface area contributed by atoms with Gasteiger partial charge < -0.3 is 11.1 Å². The summed E-state index contributed by atoms with van der Waals surface area (Å²) in [7, 11) is 0. The highest BCUT2D eigenvalue weighted by Crippen LogP contribution is 2.34. The van der Waals surface area contributed by atoms with Crippen molar-refractivity contribution in [3.8, 4) is 0 Å². The van der Waals surface area contributed by atoms with Crippen molar-refractivity contribution in [3.63, 3.8) is 0 Å². The molecule has 0 aromatic heterocycles. The Hall–Kier alpha value is -1.04. The van der Waals surface area contributed by atoms with Crippen LogP contribution in [0.5, 0.6) is 0 Å². The second-order valence-electron chi connectivity index (χ2n) is 4.26. The molecule has 0 spiro atoms. The molecule has 0 fully saturated rings. The molecule has 1 rings (SSSR count). The first-order chi connectivity index (χ1) is 8.99. The van der Waals surface area contributed by atoms with Crippen LogP contribution in [0.3, 0.4) is 0 Å². The van der Waals surface area contributed by atoms with Gasteiger partial charge in [0.2, 0.25) is 0 Å². The minimum atomic E-state index is -0.488. The number of nitro benzene ring substituents is 1. The highest BCUT2D eigenvalue weighted by atomic mass is 35.5. The smallest absolute Gasteiger partial charge is 0.293 e. The number of halogens is 2. The Bertz CT molecular complexity index is 455. The molecule has 0 saturated heterocycles. The summed E-state index contributed by atoms with van der Waals surface area (Å²) in [5.41, 5.74) is 5.92. The summed E-state index contributed by atoms with van der Waals surface area (Å²) in [6, 6.07) is 2.70. The van der Waals surface area contributed by atoms with Crippen molar-refractivity contribution >= 4 is 34.6 Å². The summed E-state index contributed by atoms with van der Waals surface area (Å²) in [4.78, 5) is 10.5. The summed E-state index contributed by atoms with van der Waals surface area (Å²) in [5.74, 6) is 0. The Balaban J connectivity index is 2.97. The third-order valence-corrected chi connectivity index (χ3v) is 3.51. The first kappa shape index (κ1) is 16.0. The quantitative estimate of drug-likeness (QED) is 0.592. The molecule has 3 N–H and O–H groups in total. The number of hydrogen-bond acceptors (Lipinski definition) is 4. The maximum absolute atomic E-state index is 11.0. The molecule has 0 saturated carbocycles. The van der Waals surface area contributed by atoms with E-state index in [1.54, 1.807) is 0 Å². The lowest BCUT2D eigenvalue weighted by molar-refractivity contribution is -0.384. The van der Waals surface area contributed by atoms with Crippen molar-refractivity contribution in [1.29, 1.82) is 0 Å². The summed E-state index contributed by atoms with van der Waals surface area (Å²) >= 11 is 11.7. The molecule has 0 aliphatic rings. The van der Waals surface area contributed by atoms with Gasteiger partial charge in [-0.3, -0.25) is 10.1 Å². The summed E-state index contributed by atoms with van der Waals surface area (Å²) in [6.45, 7) is 2.48. The number of nitrogens with zero attached hydrogens (tertiary/aromatic N) is 1. The first-order valence-electron chi connectivity index (χ1n) is 6.09. The monoisotopic (exact) mass is 305 g/mol. The van der Waals surface area contributed by atoms with Crippen LogP contribution < -0.4 is 11.1 Å². The molecule has 5 nitrogen and oxygen atoms in total. The van der Waals surface area contributed by atoms with Crippen LogP contribution in [0.25, 0.3) is 0 Å². The maximum atomic E-state index is 11.0. The standard InChI is InChI=1S/C12H17Cl2N3O2/c1-2-3-4-8(7-15)16-11-5-9(13)10(14)6-12(11)17(18)19/h5-6,8,16H,2-4,7,15H2,1H3. The molecule has 0 radical (unpaired) electrons. The highest BCUT2D eigenvalue weighted by molar-refractivity contribution is 6.42. The third kappa shape index (κ3) is 4.53. The zero-order chi connectivity index (χ0) is 14.4. The fourth-order valence-corrected chi connectivity index (χ4v) is 2.04. The van der Waals surface area contributed by atoms with Gasteiger partial charge in [-0.25, -0.2) is 0 Å². The first-order valence-corrected chi connectivity index (χ1v) is 6.85. The second kappa shape index (κ2) is 7.53. The van der Waals surface area contributed by atoms with Gasteiger partial charge in [0.05, 0.1) is 15.0 Å². The number of nitrogens with one attached hydrogen (secondary N) is 1. The number of nitro groups is 1. The zero-order valence-corrected chi connectivity index (χ0v) is 12.2. The van der Waals surface area contributed by atoms with E-state index in [9.17, 15) is 10.1 Å². The van der Waals surface area contributed by atoms with E-state index in [0.717, 1.165) is 19.3 Å². The van der Waals surface area contributed by atoms with E-state index in [1.807, 2.05) is 0 Å². The molecule has 0 aliphatic heterocycles. The molecule has 1 aromatic carbocycles. The largest absolute Gasteiger partial charge is 0.375 e. The van der Waals surface area contributed by atoms with Gasteiger partial charge in [0.1, 0.15) is 5.69 Å². The molecule has 106 valence electrons. The Morgan fingerprint density at radius 3 is 2.58 bits per heavy atom. The van der Waals surface area contributed by atoms with Gasteiger partial charge in [-0.15, -0.1) is 0 Å². The van der Waals surface area contributed by atoms with Crippen LogP contribution >= 0.6 is 23.2 Å². The lowest BCUT2D eigenvalue weighted by Crippen LogP contribution is -2.29. The molecule has 7 heteroatoms. The SMILES string of the molecule is CCCCC(CN)Nc1cc(Cl)c(Cl)cc1[N+](=O)[O-]. The minimum absolute atomic E-state index is 0.0177. The van der Waals surface area contributed by atoms with Crippen molar-refractivity contribution < 1.29 is 4.92 Å². The average molecular weight is 306 g/mol. The van der Waals surface area contributed by atoms with E-state index >= 15 is 0 Å². The Kier molecular flexibility index (Phi) is 6.34. The van der Waals surface area contributed by atoms with Crippen LogP contribution in [0.15, 0.2) is 12.1 Å². The fraction of sp³-hybridized carbons (Fsp3) is 0.500. The number of anilines is 1. The van der Waals surface area contributed by atoms with Crippen molar-refractivity contribution in [2.24, 2.45) is 5.73 Å². The number of unbranched alkanes of at least 4 members (excludes halogenated alkanes) is 1. The highest BCUT2D eigenvalue weighted by Gasteiger charge is 2.19. The predicted molar refractivity (Wildman–Crippen MR) is 79.1 cm³/mol. The Labute approximate surface area is 122 Å². The molecular weight excluding hydrogens is 289 g/mol. The molecule has 1 atom stereocenters. The molecule has 1 aromatic rings. The molecule has 0 heterocycles. The second-order valence-corrected chi connectivity index (χ2v) is 5.07. The third-order valence-electron chi connectivity index (χ3n) is 2.79. The number of nitrogens with two attached hydrogens (primary N) is 1. The van der Waals surface area contributed by atoms with E-state index < -0.39 is 4.92 Å². The predicted octanol–water partition coefficient (Wildman–Crippen LogP) is 3.83. The van der Waals surface area contributed by atoms with Gasteiger partial charge in [0, 0.05) is 18.7 Å². The summed E-state index contributed by atoms with van der Waals surface area (Å²) in [6.07, 6.45) is 2.90. The summed E-state index contributed by atoms with van der Waals surface area (Å²) < 4.78 is 0. The van der Waals surface area contributed by atoms with E-state index in [2.05, 4.69) is 12.2 Å². The molecule has 19 heavy (non-hydrogen) atoms. The topological polar surface area (TPSA) is 81.2 Å². The molecule has 1 unspecified atom stereocenters. The molecule has 0 amide bonds. The van der Waals surface area contributed by atoms with E-state index in [0.29, 0.717) is 12.2 Å². The van der Waals surface area contributed by atoms with E-state index in [1.165, 1.54) is 12.1 Å². The normalized spacial score (nSPS) is 12.2. The molecular formula is C12H17Cl2N3O2. The number of hydrogen-bond donors (Lipinski definition) is 2. The lowest BCUT2D eigenvalue weighted by Gasteiger charge is -2.18. The van der Waals surface area contributed by atoms with Gasteiger partial charge in [-0.2, -0.15) is 0 Å². The molecule has 0 bridgehead atoms. The zero-order valence-electron chi connectivity index (χ0n) is 10.7. The number of rotatable bonds is 7.